The molecule has 0 aromatic heterocycles. The Hall–Kier alpha value is -1.51. The number of carbonyl (C=O) groups is 1. The van der Waals surface area contributed by atoms with Crippen LogP contribution in [0.25, 0.3) is 0 Å². The first-order valence-electron chi connectivity index (χ1n) is 7.67. The highest BCUT2D eigenvalue weighted by atomic mass is 16.2. The van der Waals surface area contributed by atoms with Crippen molar-refractivity contribution >= 4 is 17.3 Å². The molecule has 1 amide bonds. The van der Waals surface area contributed by atoms with Crippen LogP contribution in [0.3, 0.4) is 0 Å². The fourth-order valence-electron chi connectivity index (χ4n) is 3.18. The molecule has 0 aliphatic carbocycles. The third-order valence-corrected chi connectivity index (χ3v) is 4.32. The second kappa shape index (κ2) is 4.80. The van der Waals surface area contributed by atoms with Crippen molar-refractivity contribution in [2.45, 2.75) is 40.0 Å². The predicted octanol–water partition coefficient (Wildman–Crippen LogP) is 3.22. The largest absolute Gasteiger partial charge is 0.372 e. The number of hydrogen-bond donors (Lipinski definition) is 0. The molecule has 0 radical (unpaired) electrons. The molecule has 3 nitrogen and oxygen atoms in total. The van der Waals surface area contributed by atoms with Crippen LogP contribution in [-0.2, 0) is 11.2 Å². The number of nitrogens with zero attached hydrogens (tertiary/aromatic N) is 2. The van der Waals surface area contributed by atoms with Gasteiger partial charge in [-0.3, -0.25) is 4.79 Å². The van der Waals surface area contributed by atoms with Gasteiger partial charge in [-0.2, -0.15) is 0 Å². The van der Waals surface area contributed by atoms with E-state index in [1.165, 1.54) is 37.2 Å². The number of anilines is 2. The Kier molecular flexibility index (Phi) is 3.23. The molecule has 1 aromatic rings. The average Bonchev–Trinajstić information content (AvgIpc) is 3.05. The molecule has 1 fully saturated rings. The van der Waals surface area contributed by atoms with E-state index in [0.717, 1.165) is 18.7 Å². The number of carbonyl (C=O) groups excluding carboxylic acids is 1. The van der Waals surface area contributed by atoms with Crippen LogP contribution in [0.4, 0.5) is 11.4 Å². The van der Waals surface area contributed by atoms with Crippen LogP contribution in [-0.4, -0.2) is 25.5 Å². The molecule has 0 spiro atoms. The molecular formula is C17H24N2O. The average molecular weight is 272 g/mol. The van der Waals surface area contributed by atoms with Gasteiger partial charge in [0.2, 0.25) is 5.91 Å². The molecule has 2 aliphatic heterocycles. The van der Waals surface area contributed by atoms with E-state index in [0.29, 0.717) is 0 Å². The number of rotatable bonds is 1. The van der Waals surface area contributed by atoms with Crippen molar-refractivity contribution in [1.29, 1.82) is 0 Å². The van der Waals surface area contributed by atoms with Crippen molar-refractivity contribution in [3.05, 3.63) is 23.8 Å². The van der Waals surface area contributed by atoms with Crippen LogP contribution in [0.15, 0.2) is 18.2 Å². The van der Waals surface area contributed by atoms with E-state index in [9.17, 15) is 4.79 Å². The normalized spacial score (nSPS) is 18.6. The van der Waals surface area contributed by atoms with Crippen LogP contribution < -0.4 is 9.80 Å². The zero-order valence-electron chi connectivity index (χ0n) is 12.8. The van der Waals surface area contributed by atoms with Crippen LogP contribution in [0.5, 0.6) is 0 Å². The molecule has 0 atom stereocenters. The Labute approximate surface area is 121 Å². The molecule has 2 aliphatic rings. The van der Waals surface area contributed by atoms with E-state index in [1.807, 2.05) is 25.7 Å². The van der Waals surface area contributed by atoms with Gasteiger partial charge in [-0.15, -0.1) is 0 Å². The molecular weight excluding hydrogens is 248 g/mol. The molecule has 0 unspecified atom stereocenters. The monoisotopic (exact) mass is 272 g/mol. The predicted molar refractivity (Wildman–Crippen MR) is 83.4 cm³/mol. The van der Waals surface area contributed by atoms with Crippen LogP contribution in [0.2, 0.25) is 0 Å². The lowest BCUT2D eigenvalue weighted by atomic mass is 9.94. The first-order chi connectivity index (χ1) is 9.47. The Morgan fingerprint density at radius 3 is 2.45 bits per heavy atom. The van der Waals surface area contributed by atoms with Crippen molar-refractivity contribution in [3.8, 4) is 0 Å². The highest BCUT2D eigenvalue weighted by molar-refractivity contribution is 5.99. The van der Waals surface area contributed by atoms with Crippen molar-refractivity contribution in [2.75, 3.05) is 29.4 Å². The summed E-state index contributed by atoms with van der Waals surface area (Å²) in [7, 11) is 0. The second-order valence-corrected chi connectivity index (χ2v) is 6.96. The summed E-state index contributed by atoms with van der Waals surface area (Å²) in [5.74, 6) is 0.227. The van der Waals surface area contributed by atoms with E-state index in [2.05, 4.69) is 23.1 Å². The summed E-state index contributed by atoms with van der Waals surface area (Å²) in [5.41, 5.74) is 3.46. The van der Waals surface area contributed by atoms with Crippen LogP contribution in [0, 0.1) is 5.41 Å². The van der Waals surface area contributed by atoms with Gasteiger partial charge in [0.25, 0.3) is 0 Å². The topological polar surface area (TPSA) is 23.6 Å². The summed E-state index contributed by atoms with van der Waals surface area (Å²) < 4.78 is 0. The Balaban J connectivity index is 1.86. The lowest BCUT2D eigenvalue weighted by molar-refractivity contribution is -0.125. The molecule has 0 N–H and O–H groups in total. The fourth-order valence-corrected chi connectivity index (χ4v) is 3.18. The minimum Gasteiger partial charge on any atom is -0.372 e. The van der Waals surface area contributed by atoms with Gasteiger partial charge in [-0.25, -0.2) is 0 Å². The molecule has 108 valence electrons. The second-order valence-electron chi connectivity index (χ2n) is 6.96. The van der Waals surface area contributed by atoms with Gasteiger partial charge in [0, 0.05) is 36.4 Å². The van der Waals surface area contributed by atoms with Gasteiger partial charge in [0.1, 0.15) is 0 Å². The molecule has 0 bridgehead atoms. The van der Waals surface area contributed by atoms with Crippen molar-refractivity contribution in [3.63, 3.8) is 0 Å². The lowest BCUT2D eigenvalue weighted by Gasteiger charge is -2.26. The van der Waals surface area contributed by atoms with Crippen molar-refractivity contribution in [2.24, 2.45) is 5.41 Å². The van der Waals surface area contributed by atoms with Gasteiger partial charge >= 0.3 is 0 Å². The van der Waals surface area contributed by atoms with Crippen molar-refractivity contribution in [1.82, 2.24) is 0 Å². The molecule has 3 heteroatoms. The zero-order valence-corrected chi connectivity index (χ0v) is 12.8. The molecule has 0 saturated carbocycles. The first kappa shape index (κ1) is 13.5. The minimum absolute atomic E-state index is 0.227. The SMILES string of the molecule is CC(C)(C)C(=O)N1CCc2cc(N3CCCC3)ccc21. The third kappa shape index (κ3) is 2.30. The number of amides is 1. The summed E-state index contributed by atoms with van der Waals surface area (Å²) in [6.07, 6.45) is 3.58. The Morgan fingerprint density at radius 2 is 1.80 bits per heavy atom. The standard InChI is InChI=1S/C17H24N2O/c1-17(2,3)16(20)19-11-8-13-12-14(6-7-15(13)19)18-9-4-5-10-18/h6-7,12H,4-5,8-11H2,1-3H3. The Bertz CT molecular complexity index is 524. The smallest absolute Gasteiger partial charge is 0.232 e. The highest BCUT2D eigenvalue weighted by Gasteiger charge is 2.32. The highest BCUT2D eigenvalue weighted by Crippen LogP contribution is 2.35. The van der Waals surface area contributed by atoms with Gasteiger partial charge in [-0.1, -0.05) is 20.8 Å². The molecule has 1 saturated heterocycles. The zero-order chi connectivity index (χ0) is 14.3. The molecule has 20 heavy (non-hydrogen) atoms. The lowest BCUT2D eigenvalue weighted by Crippen LogP contribution is -2.38. The number of benzene rings is 1. The Morgan fingerprint density at radius 1 is 1.10 bits per heavy atom. The minimum atomic E-state index is -0.310. The number of fused-ring (bicyclic) bond motifs is 1. The fraction of sp³-hybridized carbons (Fsp3) is 0.588. The van der Waals surface area contributed by atoms with Gasteiger partial charge in [-0.05, 0) is 43.0 Å². The summed E-state index contributed by atoms with van der Waals surface area (Å²) >= 11 is 0. The molecule has 2 heterocycles. The molecule has 3 rings (SSSR count). The maximum Gasteiger partial charge on any atom is 0.232 e. The summed E-state index contributed by atoms with van der Waals surface area (Å²) in [6, 6.07) is 6.61. The van der Waals surface area contributed by atoms with Gasteiger partial charge < -0.3 is 9.80 Å². The summed E-state index contributed by atoms with van der Waals surface area (Å²) in [5, 5.41) is 0. The maximum absolute atomic E-state index is 12.5. The van der Waals surface area contributed by atoms with E-state index >= 15 is 0 Å². The van der Waals surface area contributed by atoms with E-state index < -0.39 is 0 Å². The molecule has 1 aromatic carbocycles. The van der Waals surface area contributed by atoms with Gasteiger partial charge in [0.15, 0.2) is 0 Å². The number of hydrogen-bond acceptors (Lipinski definition) is 2. The van der Waals surface area contributed by atoms with Crippen molar-refractivity contribution < 1.29 is 4.79 Å². The van der Waals surface area contributed by atoms with Crippen LogP contribution in [0.1, 0.15) is 39.2 Å². The van der Waals surface area contributed by atoms with E-state index in [4.69, 9.17) is 0 Å². The first-order valence-corrected chi connectivity index (χ1v) is 7.67. The van der Waals surface area contributed by atoms with Gasteiger partial charge in [0.05, 0.1) is 0 Å². The van der Waals surface area contributed by atoms with E-state index in [-0.39, 0.29) is 11.3 Å². The quantitative estimate of drug-likeness (QED) is 0.783. The summed E-state index contributed by atoms with van der Waals surface area (Å²) in [4.78, 5) is 16.9. The van der Waals surface area contributed by atoms with Crippen LogP contribution >= 0.6 is 0 Å². The van der Waals surface area contributed by atoms with E-state index in [1.54, 1.807) is 0 Å². The maximum atomic E-state index is 12.5. The summed E-state index contributed by atoms with van der Waals surface area (Å²) in [6.45, 7) is 9.14. The third-order valence-electron chi connectivity index (χ3n) is 4.32.